The summed E-state index contributed by atoms with van der Waals surface area (Å²) in [6, 6.07) is 0.531. The molecule has 3 heterocycles. The first-order valence-corrected chi connectivity index (χ1v) is 7.29. The van der Waals surface area contributed by atoms with Crippen molar-refractivity contribution in [2.45, 2.75) is 32.4 Å². The monoisotopic (exact) mass is 276 g/mol. The number of piperidine rings is 1. The van der Waals surface area contributed by atoms with Crippen molar-refractivity contribution < 1.29 is 4.90 Å². The molecule has 0 atom stereocenters. The number of nitrogens with zero attached hydrogens (tertiary/aromatic N) is 6. The number of nitrogens with one attached hydrogen (secondary N) is 1. The molecule has 0 radical (unpaired) electrons. The Morgan fingerprint density at radius 3 is 2.80 bits per heavy atom. The van der Waals surface area contributed by atoms with E-state index in [2.05, 4.69) is 39.3 Å². The molecule has 1 N–H and O–H groups in total. The molecule has 1 fully saturated rings. The van der Waals surface area contributed by atoms with Crippen molar-refractivity contribution in [1.82, 2.24) is 25.0 Å². The van der Waals surface area contributed by atoms with Gasteiger partial charge in [0.2, 0.25) is 0 Å². The van der Waals surface area contributed by atoms with E-state index in [9.17, 15) is 0 Å². The molecular weight excluding hydrogens is 254 g/mol. The van der Waals surface area contributed by atoms with Crippen LogP contribution < -0.4 is 9.80 Å². The van der Waals surface area contributed by atoms with Gasteiger partial charge in [0, 0.05) is 32.5 Å². The second-order valence-electron chi connectivity index (χ2n) is 5.57. The minimum atomic E-state index is 0.531. The van der Waals surface area contributed by atoms with Crippen LogP contribution >= 0.6 is 0 Å². The van der Waals surface area contributed by atoms with Gasteiger partial charge >= 0.3 is 0 Å². The zero-order valence-corrected chi connectivity index (χ0v) is 12.4. The lowest BCUT2D eigenvalue weighted by Crippen LogP contribution is -3.10. The number of anilines is 1. The van der Waals surface area contributed by atoms with Gasteiger partial charge in [-0.15, -0.1) is 5.10 Å². The highest BCUT2D eigenvalue weighted by Gasteiger charge is 2.26. The summed E-state index contributed by atoms with van der Waals surface area (Å²) in [5.74, 6) is 0.902. The number of hydrogen-bond acceptors (Lipinski definition) is 5. The fourth-order valence-corrected chi connectivity index (χ4v) is 2.91. The maximum Gasteiger partial charge on any atom is 0.183 e. The van der Waals surface area contributed by atoms with E-state index in [-0.39, 0.29) is 0 Å². The Morgan fingerprint density at radius 2 is 2.10 bits per heavy atom. The van der Waals surface area contributed by atoms with Crippen LogP contribution in [0.1, 0.15) is 19.8 Å². The van der Waals surface area contributed by atoms with Crippen LogP contribution in [0.2, 0.25) is 0 Å². The van der Waals surface area contributed by atoms with Crippen molar-refractivity contribution in [2.75, 3.05) is 32.1 Å². The molecule has 3 rings (SSSR count). The molecule has 1 saturated heterocycles. The third-order valence-electron chi connectivity index (χ3n) is 4.27. The van der Waals surface area contributed by atoms with Crippen molar-refractivity contribution in [3.05, 3.63) is 6.33 Å². The summed E-state index contributed by atoms with van der Waals surface area (Å²) >= 11 is 0. The van der Waals surface area contributed by atoms with Crippen LogP contribution in [-0.4, -0.2) is 58.2 Å². The van der Waals surface area contributed by atoms with E-state index >= 15 is 0 Å². The SMILES string of the molecule is CCn1nnc2c(N(C)C3CC[NH+](C)CC3)ncnc21. The van der Waals surface area contributed by atoms with E-state index in [0.717, 1.165) is 23.5 Å². The highest BCUT2D eigenvalue weighted by Crippen LogP contribution is 2.23. The normalized spacial score (nSPS) is 23.1. The predicted molar refractivity (Wildman–Crippen MR) is 76.8 cm³/mol. The second-order valence-corrected chi connectivity index (χ2v) is 5.57. The summed E-state index contributed by atoms with van der Waals surface area (Å²) in [5.41, 5.74) is 1.63. The zero-order valence-electron chi connectivity index (χ0n) is 12.4. The molecule has 0 saturated carbocycles. The summed E-state index contributed by atoms with van der Waals surface area (Å²) in [6.45, 7) is 5.24. The fourth-order valence-electron chi connectivity index (χ4n) is 2.91. The molecule has 7 heteroatoms. The average Bonchev–Trinajstić information content (AvgIpc) is 2.90. The van der Waals surface area contributed by atoms with Crippen molar-refractivity contribution >= 4 is 17.0 Å². The van der Waals surface area contributed by atoms with E-state index < -0.39 is 0 Å². The van der Waals surface area contributed by atoms with E-state index in [1.807, 2.05) is 11.6 Å². The summed E-state index contributed by atoms with van der Waals surface area (Å²) in [7, 11) is 4.37. The maximum atomic E-state index is 4.44. The second kappa shape index (κ2) is 5.32. The smallest absolute Gasteiger partial charge is 0.183 e. The van der Waals surface area contributed by atoms with Gasteiger partial charge in [0.1, 0.15) is 6.33 Å². The Morgan fingerprint density at radius 1 is 1.35 bits per heavy atom. The van der Waals surface area contributed by atoms with Crippen LogP contribution in [-0.2, 0) is 6.54 Å². The molecule has 2 aromatic rings. The highest BCUT2D eigenvalue weighted by molar-refractivity contribution is 5.82. The molecular formula is C13H22N7+. The lowest BCUT2D eigenvalue weighted by atomic mass is 10.0. The van der Waals surface area contributed by atoms with E-state index in [1.165, 1.54) is 25.9 Å². The number of rotatable bonds is 3. The summed E-state index contributed by atoms with van der Waals surface area (Å²) in [4.78, 5) is 12.6. The van der Waals surface area contributed by atoms with Crippen LogP contribution in [0.5, 0.6) is 0 Å². The van der Waals surface area contributed by atoms with Crippen LogP contribution in [0.15, 0.2) is 6.33 Å². The Hall–Kier alpha value is -1.76. The lowest BCUT2D eigenvalue weighted by Gasteiger charge is -2.33. The van der Waals surface area contributed by atoms with Crippen molar-refractivity contribution in [3.8, 4) is 0 Å². The number of aryl methyl sites for hydroxylation is 1. The molecule has 0 amide bonds. The maximum absolute atomic E-state index is 4.44. The fraction of sp³-hybridized carbons (Fsp3) is 0.692. The summed E-state index contributed by atoms with van der Waals surface area (Å²) in [5, 5.41) is 8.41. The standard InChI is InChI=1S/C13H21N7/c1-4-20-13-11(16-17-20)12(14-9-15-13)19(3)10-5-7-18(2)8-6-10/h9-10H,4-8H2,1-3H3/p+1. The van der Waals surface area contributed by atoms with E-state index in [4.69, 9.17) is 0 Å². The molecule has 0 bridgehead atoms. The molecule has 1 aliphatic rings. The topological polar surface area (TPSA) is 64.2 Å². The first kappa shape index (κ1) is 13.2. The minimum absolute atomic E-state index is 0.531. The minimum Gasteiger partial charge on any atom is -0.354 e. The molecule has 108 valence electrons. The van der Waals surface area contributed by atoms with E-state index in [0.29, 0.717) is 6.04 Å². The number of quaternary nitrogens is 1. The third kappa shape index (κ3) is 2.22. The van der Waals surface area contributed by atoms with Gasteiger partial charge in [-0.25, -0.2) is 14.6 Å². The Labute approximate surface area is 118 Å². The molecule has 2 aromatic heterocycles. The first-order chi connectivity index (χ1) is 9.70. The average molecular weight is 276 g/mol. The predicted octanol–water partition coefficient (Wildman–Crippen LogP) is -0.645. The van der Waals surface area contributed by atoms with Crippen LogP contribution in [0, 0.1) is 0 Å². The van der Waals surface area contributed by atoms with Gasteiger partial charge in [-0.1, -0.05) is 5.21 Å². The first-order valence-electron chi connectivity index (χ1n) is 7.29. The van der Waals surface area contributed by atoms with Crippen molar-refractivity contribution in [2.24, 2.45) is 0 Å². The van der Waals surface area contributed by atoms with E-state index in [1.54, 1.807) is 11.2 Å². The van der Waals surface area contributed by atoms with Crippen LogP contribution in [0.4, 0.5) is 5.82 Å². The van der Waals surface area contributed by atoms with Gasteiger partial charge in [0.05, 0.1) is 20.1 Å². The van der Waals surface area contributed by atoms with Gasteiger partial charge in [-0.2, -0.15) is 0 Å². The summed E-state index contributed by atoms with van der Waals surface area (Å²) < 4.78 is 1.81. The molecule has 0 spiro atoms. The number of hydrogen-bond donors (Lipinski definition) is 1. The van der Waals surface area contributed by atoms with Gasteiger partial charge < -0.3 is 9.80 Å². The van der Waals surface area contributed by atoms with Crippen LogP contribution in [0.25, 0.3) is 11.2 Å². The lowest BCUT2D eigenvalue weighted by molar-refractivity contribution is -0.884. The molecule has 0 aromatic carbocycles. The Balaban J connectivity index is 1.91. The number of fused-ring (bicyclic) bond motifs is 1. The zero-order chi connectivity index (χ0) is 14.1. The molecule has 1 aliphatic heterocycles. The van der Waals surface area contributed by atoms with Gasteiger partial charge in [-0.05, 0) is 6.92 Å². The van der Waals surface area contributed by atoms with Gasteiger partial charge in [0.25, 0.3) is 0 Å². The van der Waals surface area contributed by atoms with Crippen molar-refractivity contribution in [1.29, 1.82) is 0 Å². The largest absolute Gasteiger partial charge is 0.354 e. The number of aromatic nitrogens is 5. The van der Waals surface area contributed by atoms with Crippen molar-refractivity contribution in [3.63, 3.8) is 0 Å². The summed E-state index contributed by atoms with van der Waals surface area (Å²) in [6.07, 6.45) is 4.00. The highest BCUT2D eigenvalue weighted by atomic mass is 15.4. The van der Waals surface area contributed by atoms with Gasteiger partial charge in [-0.3, -0.25) is 0 Å². The Bertz CT molecular complexity index is 585. The molecule has 0 aliphatic carbocycles. The Kier molecular flexibility index (Phi) is 3.52. The van der Waals surface area contributed by atoms with Gasteiger partial charge in [0.15, 0.2) is 17.0 Å². The molecule has 0 unspecified atom stereocenters. The number of likely N-dealkylation sites (tertiary alicyclic amines) is 1. The molecule has 7 nitrogen and oxygen atoms in total. The quantitative estimate of drug-likeness (QED) is 0.807. The third-order valence-corrected chi connectivity index (χ3v) is 4.27. The van der Waals surface area contributed by atoms with Crippen LogP contribution in [0.3, 0.4) is 0 Å². The molecule has 20 heavy (non-hydrogen) atoms.